The molecule has 112 valence electrons. The van der Waals surface area contributed by atoms with Crippen molar-refractivity contribution in [2.24, 2.45) is 0 Å². The molecule has 0 bridgehead atoms. The minimum Gasteiger partial charge on any atom is -0.349 e. The molecule has 8 heteroatoms. The standard InChI is InChI=1S/C12H14ClF2NO3S/c1-3-4-7(2)16-12(17)10-8(14)5-6-9(11(10)15)20(13,18)19/h5-7H,3-4H2,1-2H3,(H,16,17). The van der Waals surface area contributed by atoms with Crippen LogP contribution in [0.4, 0.5) is 8.78 Å². The van der Waals surface area contributed by atoms with Gasteiger partial charge in [0, 0.05) is 16.7 Å². The molecule has 0 saturated heterocycles. The molecule has 1 aromatic rings. The monoisotopic (exact) mass is 325 g/mol. The minimum absolute atomic E-state index is 0.289. The normalized spacial score (nSPS) is 13.1. The lowest BCUT2D eigenvalue weighted by atomic mass is 10.1. The Morgan fingerprint density at radius 3 is 2.50 bits per heavy atom. The number of hydrogen-bond acceptors (Lipinski definition) is 3. The van der Waals surface area contributed by atoms with Crippen LogP contribution in [-0.2, 0) is 9.05 Å². The lowest BCUT2D eigenvalue weighted by Crippen LogP contribution is -2.33. The zero-order valence-corrected chi connectivity index (χ0v) is 12.5. The summed E-state index contributed by atoms with van der Waals surface area (Å²) in [6, 6.07) is 1.08. The van der Waals surface area contributed by atoms with E-state index in [0.717, 1.165) is 6.42 Å². The molecule has 4 nitrogen and oxygen atoms in total. The Hall–Kier alpha value is -1.21. The number of rotatable bonds is 5. The fraction of sp³-hybridized carbons (Fsp3) is 0.417. The van der Waals surface area contributed by atoms with Gasteiger partial charge in [0.2, 0.25) is 0 Å². The molecule has 0 spiro atoms. The van der Waals surface area contributed by atoms with Crippen LogP contribution >= 0.6 is 10.7 Å². The molecule has 0 saturated carbocycles. The molecule has 1 unspecified atom stereocenters. The minimum atomic E-state index is -4.39. The molecule has 0 fully saturated rings. The van der Waals surface area contributed by atoms with Crippen molar-refractivity contribution in [1.82, 2.24) is 5.32 Å². The van der Waals surface area contributed by atoms with Crippen molar-refractivity contribution in [1.29, 1.82) is 0 Å². The maximum Gasteiger partial charge on any atom is 0.264 e. The fourth-order valence-corrected chi connectivity index (χ4v) is 2.64. The summed E-state index contributed by atoms with van der Waals surface area (Å²) in [4.78, 5) is 10.9. The van der Waals surface area contributed by atoms with E-state index in [9.17, 15) is 22.0 Å². The maximum atomic E-state index is 14.0. The smallest absolute Gasteiger partial charge is 0.264 e. The van der Waals surface area contributed by atoms with E-state index in [1.165, 1.54) is 0 Å². The molecular weight excluding hydrogens is 312 g/mol. The molecule has 1 rings (SSSR count). The van der Waals surface area contributed by atoms with E-state index >= 15 is 0 Å². The highest BCUT2D eigenvalue weighted by molar-refractivity contribution is 8.13. The fourth-order valence-electron chi connectivity index (χ4n) is 1.73. The van der Waals surface area contributed by atoms with Crippen LogP contribution in [0.15, 0.2) is 17.0 Å². The highest BCUT2D eigenvalue weighted by atomic mass is 35.7. The Bertz CT molecular complexity index is 619. The predicted octanol–water partition coefficient (Wildman–Crippen LogP) is 2.81. The summed E-state index contributed by atoms with van der Waals surface area (Å²) in [5.74, 6) is -3.64. The van der Waals surface area contributed by atoms with Crippen molar-refractivity contribution < 1.29 is 22.0 Å². The quantitative estimate of drug-likeness (QED) is 0.847. The molecule has 0 aliphatic carbocycles. The zero-order valence-electron chi connectivity index (χ0n) is 10.9. The number of benzene rings is 1. The van der Waals surface area contributed by atoms with Crippen molar-refractivity contribution in [3.05, 3.63) is 29.3 Å². The summed E-state index contributed by atoms with van der Waals surface area (Å²) in [5.41, 5.74) is -0.949. The molecule has 0 aromatic heterocycles. The first kappa shape index (κ1) is 16.8. The molecule has 1 atom stereocenters. The van der Waals surface area contributed by atoms with Gasteiger partial charge in [-0.1, -0.05) is 13.3 Å². The third-order valence-corrected chi connectivity index (χ3v) is 3.98. The molecule has 1 N–H and O–H groups in total. The second-order valence-electron chi connectivity index (χ2n) is 4.34. The molecule has 1 aromatic carbocycles. The highest BCUT2D eigenvalue weighted by Crippen LogP contribution is 2.24. The van der Waals surface area contributed by atoms with Crippen LogP contribution in [0.25, 0.3) is 0 Å². The van der Waals surface area contributed by atoms with Gasteiger partial charge >= 0.3 is 0 Å². The first-order chi connectivity index (χ1) is 9.18. The van der Waals surface area contributed by atoms with Crippen molar-refractivity contribution in [3.8, 4) is 0 Å². The Labute approximate surface area is 120 Å². The van der Waals surface area contributed by atoms with Gasteiger partial charge in [-0.15, -0.1) is 0 Å². The molecule has 1 amide bonds. The summed E-state index contributed by atoms with van der Waals surface area (Å²) < 4.78 is 49.8. The molecule has 0 aliphatic rings. The van der Waals surface area contributed by atoms with Gasteiger partial charge in [0.05, 0.1) is 0 Å². The van der Waals surface area contributed by atoms with Gasteiger partial charge in [-0.25, -0.2) is 17.2 Å². The van der Waals surface area contributed by atoms with Crippen LogP contribution in [0, 0.1) is 11.6 Å². The number of carbonyl (C=O) groups excluding carboxylic acids is 1. The van der Waals surface area contributed by atoms with Gasteiger partial charge in [-0.2, -0.15) is 0 Å². The number of nitrogens with one attached hydrogen (secondary N) is 1. The largest absolute Gasteiger partial charge is 0.349 e. The lowest BCUT2D eigenvalue weighted by Gasteiger charge is -2.14. The molecule has 0 heterocycles. The van der Waals surface area contributed by atoms with Gasteiger partial charge < -0.3 is 5.32 Å². The van der Waals surface area contributed by atoms with Crippen molar-refractivity contribution >= 4 is 25.6 Å². The summed E-state index contributed by atoms with van der Waals surface area (Å²) in [6.45, 7) is 3.57. The molecule has 20 heavy (non-hydrogen) atoms. The Morgan fingerprint density at radius 1 is 1.40 bits per heavy atom. The van der Waals surface area contributed by atoms with Gasteiger partial charge in [0.1, 0.15) is 16.3 Å². The molecule has 0 aliphatic heterocycles. The van der Waals surface area contributed by atoms with Crippen LogP contribution in [0.5, 0.6) is 0 Å². The van der Waals surface area contributed by atoms with E-state index in [-0.39, 0.29) is 6.04 Å². The van der Waals surface area contributed by atoms with E-state index in [0.29, 0.717) is 18.6 Å². The van der Waals surface area contributed by atoms with Crippen LogP contribution < -0.4 is 5.32 Å². The van der Waals surface area contributed by atoms with Crippen molar-refractivity contribution in [3.63, 3.8) is 0 Å². The number of amides is 1. The number of carbonyl (C=O) groups is 1. The lowest BCUT2D eigenvalue weighted by molar-refractivity contribution is 0.0929. The Morgan fingerprint density at radius 2 is 2.00 bits per heavy atom. The second-order valence-corrected chi connectivity index (χ2v) is 6.87. The van der Waals surface area contributed by atoms with Crippen molar-refractivity contribution in [2.45, 2.75) is 37.6 Å². The van der Waals surface area contributed by atoms with Crippen LogP contribution in [-0.4, -0.2) is 20.4 Å². The average molecular weight is 326 g/mol. The van der Waals surface area contributed by atoms with Gasteiger partial charge in [0.25, 0.3) is 15.0 Å². The SMILES string of the molecule is CCCC(C)NC(=O)c1c(F)ccc(S(=O)(=O)Cl)c1F. The number of halogens is 3. The zero-order chi connectivity index (χ0) is 15.5. The maximum absolute atomic E-state index is 14.0. The molecule has 0 radical (unpaired) electrons. The van der Waals surface area contributed by atoms with E-state index in [1.807, 2.05) is 6.92 Å². The Balaban J connectivity index is 3.21. The summed E-state index contributed by atoms with van der Waals surface area (Å²) in [6.07, 6.45) is 1.41. The van der Waals surface area contributed by atoms with E-state index < -0.39 is 37.1 Å². The third-order valence-electron chi connectivity index (χ3n) is 2.64. The summed E-state index contributed by atoms with van der Waals surface area (Å²) in [7, 11) is 0.632. The van der Waals surface area contributed by atoms with E-state index in [2.05, 4.69) is 5.32 Å². The topological polar surface area (TPSA) is 63.2 Å². The predicted molar refractivity (Wildman–Crippen MR) is 71.2 cm³/mol. The first-order valence-electron chi connectivity index (χ1n) is 5.92. The van der Waals surface area contributed by atoms with Gasteiger partial charge in [-0.05, 0) is 25.5 Å². The number of hydrogen-bond donors (Lipinski definition) is 1. The third kappa shape index (κ3) is 3.89. The molecular formula is C12H14ClF2NO3S. The highest BCUT2D eigenvalue weighted by Gasteiger charge is 2.26. The summed E-state index contributed by atoms with van der Waals surface area (Å²) in [5, 5.41) is 2.40. The van der Waals surface area contributed by atoms with E-state index in [1.54, 1.807) is 6.92 Å². The van der Waals surface area contributed by atoms with Crippen LogP contribution in [0.2, 0.25) is 0 Å². The second kappa shape index (κ2) is 6.49. The Kier molecular flexibility index (Phi) is 5.47. The van der Waals surface area contributed by atoms with Gasteiger partial charge in [0.15, 0.2) is 5.82 Å². The average Bonchev–Trinajstić information content (AvgIpc) is 2.26. The first-order valence-corrected chi connectivity index (χ1v) is 8.23. The van der Waals surface area contributed by atoms with E-state index in [4.69, 9.17) is 10.7 Å². The summed E-state index contributed by atoms with van der Waals surface area (Å²) >= 11 is 0. The van der Waals surface area contributed by atoms with Crippen LogP contribution in [0.3, 0.4) is 0 Å². The van der Waals surface area contributed by atoms with Crippen molar-refractivity contribution in [2.75, 3.05) is 0 Å². The van der Waals surface area contributed by atoms with Gasteiger partial charge in [-0.3, -0.25) is 4.79 Å². The van der Waals surface area contributed by atoms with Crippen LogP contribution in [0.1, 0.15) is 37.0 Å².